The van der Waals surface area contributed by atoms with Gasteiger partial charge in [0.2, 0.25) is 0 Å². The van der Waals surface area contributed by atoms with Gasteiger partial charge in [0.1, 0.15) is 23.9 Å². The van der Waals surface area contributed by atoms with Crippen LogP contribution < -0.4 is 4.74 Å². The molecule has 0 spiro atoms. The van der Waals surface area contributed by atoms with Gasteiger partial charge in [0.25, 0.3) is 0 Å². The van der Waals surface area contributed by atoms with Gasteiger partial charge in [0, 0.05) is 18.7 Å². The summed E-state index contributed by atoms with van der Waals surface area (Å²) >= 11 is 0. The first-order chi connectivity index (χ1) is 14.4. The minimum Gasteiger partial charge on any atom is -0.486 e. The Morgan fingerprint density at radius 1 is 1.17 bits per heavy atom. The Hall–Kier alpha value is -2.75. The van der Waals surface area contributed by atoms with E-state index in [0.29, 0.717) is 35.4 Å². The van der Waals surface area contributed by atoms with Crippen molar-refractivity contribution >= 4 is 9.84 Å². The molecule has 1 aliphatic heterocycles. The van der Waals surface area contributed by atoms with Gasteiger partial charge in [-0.2, -0.15) is 10.2 Å². The Morgan fingerprint density at radius 3 is 2.60 bits per heavy atom. The number of nitrogens with zero attached hydrogens (tertiary/aromatic N) is 5. The molecule has 2 aromatic heterocycles. The smallest absolute Gasteiger partial charge is 0.188 e. The molecule has 0 bridgehead atoms. The highest BCUT2D eigenvalue weighted by Gasteiger charge is 2.34. The van der Waals surface area contributed by atoms with Gasteiger partial charge in [-0.25, -0.2) is 22.5 Å². The Bertz CT molecular complexity index is 1180. The molecule has 1 saturated carbocycles. The van der Waals surface area contributed by atoms with Crippen LogP contribution in [0.25, 0.3) is 11.5 Å². The van der Waals surface area contributed by atoms with E-state index in [2.05, 4.69) is 15.2 Å². The van der Waals surface area contributed by atoms with E-state index < -0.39 is 9.84 Å². The van der Waals surface area contributed by atoms with Gasteiger partial charge < -0.3 is 4.74 Å². The highest BCUT2D eigenvalue weighted by atomic mass is 32.2. The van der Waals surface area contributed by atoms with Crippen molar-refractivity contribution in [1.29, 1.82) is 0 Å². The maximum absolute atomic E-state index is 13.1. The van der Waals surface area contributed by atoms with Crippen molar-refractivity contribution in [3.05, 3.63) is 47.7 Å². The Balaban J connectivity index is 1.46. The van der Waals surface area contributed by atoms with E-state index >= 15 is 0 Å². The number of aromatic nitrogens is 5. The zero-order chi connectivity index (χ0) is 20.9. The molecule has 0 radical (unpaired) electrons. The van der Waals surface area contributed by atoms with Crippen molar-refractivity contribution in [2.45, 2.75) is 37.8 Å². The molecular formula is C20H22FN5O3S. The fourth-order valence-corrected chi connectivity index (χ4v) is 5.55. The number of benzene rings is 1. The maximum atomic E-state index is 13.1. The average Bonchev–Trinajstić information content (AvgIpc) is 3.18. The first-order valence-corrected chi connectivity index (χ1v) is 11.8. The maximum Gasteiger partial charge on any atom is 0.188 e. The van der Waals surface area contributed by atoms with Crippen LogP contribution in [0.2, 0.25) is 0 Å². The van der Waals surface area contributed by atoms with Gasteiger partial charge in [-0.15, -0.1) is 0 Å². The van der Waals surface area contributed by atoms with E-state index in [1.807, 2.05) is 17.8 Å². The number of hydrogen-bond donors (Lipinski definition) is 0. The Labute approximate surface area is 173 Å². The van der Waals surface area contributed by atoms with Crippen molar-refractivity contribution in [3.8, 4) is 17.3 Å². The molecule has 5 rings (SSSR count). The second-order valence-electron chi connectivity index (χ2n) is 7.95. The highest BCUT2D eigenvalue weighted by molar-refractivity contribution is 7.91. The normalized spacial score (nSPS) is 20.5. The van der Waals surface area contributed by atoms with Gasteiger partial charge in [-0.3, -0.25) is 4.68 Å². The van der Waals surface area contributed by atoms with Crippen LogP contribution in [0.1, 0.15) is 42.7 Å². The summed E-state index contributed by atoms with van der Waals surface area (Å²) in [5, 5.41) is 9.17. The van der Waals surface area contributed by atoms with Crippen LogP contribution in [0.5, 0.6) is 5.75 Å². The number of aryl methyl sites for hydroxylation is 1. The molecule has 1 aromatic carbocycles. The third-order valence-corrected chi connectivity index (χ3v) is 7.30. The van der Waals surface area contributed by atoms with Crippen LogP contribution in [-0.2, 0) is 23.5 Å². The topological polar surface area (TPSA) is 91.9 Å². The summed E-state index contributed by atoms with van der Waals surface area (Å²) in [6.07, 6.45) is 2.81. The molecule has 0 amide bonds. The van der Waals surface area contributed by atoms with Crippen molar-refractivity contribution in [1.82, 2.24) is 24.5 Å². The molecule has 30 heavy (non-hydrogen) atoms. The average molecular weight is 431 g/mol. The van der Waals surface area contributed by atoms with Crippen LogP contribution in [-0.4, -0.2) is 44.5 Å². The molecule has 0 N–H and O–H groups in total. The standard InChI is InChI=1S/C20H22FN5O3S/c1-25-18(13-2-3-13)10-17(23-25)20-22-19(11-29-16-6-4-14(21)5-7-16)24-26(20)15-8-9-30(27,28)12-15/h4-7,10,13,15H,2-3,8-9,11-12H2,1H3. The fourth-order valence-electron chi connectivity index (χ4n) is 3.86. The largest absolute Gasteiger partial charge is 0.486 e. The lowest BCUT2D eigenvalue weighted by Gasteiger charge is -2.10. The summed E-state index contributed by atoms with van der Waals surface area (Å²) in [7, 11) is -1.17. The first kappa shape index (κ1) is 19.2. The number of halogens is 1. The molecule has 3 heterocycles. The molecular weight excluding hydrogens is 409 g/mol. The quantitative estimate of drug-likeness (QED) is 0.596. The van der Waals surface area contributed by atoms with Crippen LogP contribution in [0.4, 0.5) is 4.39 Å². The Morgan fingerprint density at radius 2 is 1.93 bits per heavy atom. The monoisotopic (exact) mass is 431 g/mol. The summed E-state index contributed by atoms with van der Waals surface area (Å²) in [5.41, 5.74) is 1.84. The fraction of sp³-hybridized carbons (Fsp3) is 0.450. The summed E-state index contributed by atoms with van der Waals surface area (Å²) in [5.74, 6) is 1.87. The second-order valence-corrected chi connectivity index (χ2v) is 10.2. The first-order valence-electron chi connectivity index (χ1n) is 9.96. The van der Waals surface area contributed by atoms with Gasteiger partial charge >= 0.3 is 0 Å². The molecule has 1 unspecified atom stereocenters. The van der Waals surface area contributed by atoms with E-state index in [0.717, 1.165) is 18.5 Å². The molecule has 2 fully saturated rings. The van der Waals surface area contributed by atoms with Crippen molar-refractivity contribution in [2.24, 2.45) is 7.05 Å². The van der Waals surface area contributed by atoms with Crippen LogP contribution in [0.15, 0.2) is 30.3 Å². The van der Waals surface area contributed by atoms with Crippen molar-refractivity contribution in [3.63, 3.8) is 0 Å². The highest BCUT2D eigenvalue weighted by Crippen LogP contribution is 2.41. The zero-order valence-corrected chi connectivity index (χ0v) is 17.3. The minimum atomic E-state index is -3.08. The molecule has 1 aliphatic carbocycles. The van der Waals surface area contributed by atoms with Crippen LogP contribution in [0.3, 0.4) is 0 Å². The predicted molar refractivity (Wildman–Crippen MR) is 107 cm³/mol. The third kappa shape index (κ3) is 3.83. The SMILES string of the molecule is Cn1nc(-c2nc(COc3ccc(F)cc3)nn2C2CCS(=O)(=O)C2)cc1C1CC1. The molecule has 1 atom stereocenters. The molecule has 158 valence electrons. The van der Waals surface area contributed by atoms with Gasteiger partial charge in [-0.1, -0.05) is 0 Å². The van der Waals surface area contributed by atoms with E-state index in [1.165, 1.54) is 24.3 Å². The number of rotatable bonds is 6. The minimum absolute atomic E-state index is 0.0456. The molecule has 10 heteroatoms. The van der Waals surface area contributed by atoms with E-state index in [4.69, 9.17) is 4.74 Å². The van der Waals surface area contributed by atoms with Gasteiger partial charge in [0.05, 0.1) is 17.5 Å². The summed E-state index contributed by atoms with van der Waals surface area (Å²) < 4.78 is 46.4. The van der Waals surface area contributed by atoms with E-state index in [9.17, 15) is 12.8 Å². The number of ether oxygens (including phenoxy) is 1. The summed E-state index contributed by atoms with van der Waals surface area (Å²) in [6.45, 7) is 0.0907. The lowest BCUT2D eigenvalue weighted by Crippen LogP contribution is -2.14. The number of sulfone groups is 1. The molecule has 3 aromatic rings. The van der Waals surface area contributed by atoms with Crippen molar-refractivity contribution < 1.29 is 17.5 Å². The third-order valence-electron chi connectivity index (χ3n) is 5.55. The summed E-state index contributed by atoms with van der Waals surface area (Å²) in [4.78, 5) is 4.62. The van der Waals surface area contributed by atoms with E-state index in [-0.39, 0.29) is 30.0 Å². The zero-order valence-electron chi connectivity index (χ0n) is 16.5. The summed E-state index contributed by atoms with van der Waals surface area (Å²) in [6, 6.07) is 7.47. The van der Waals surface area contributed by atoms with Gasteiger partial charge in [0.15, 0.2) is 21.5 Å². The molecule has 1 saturated heterocycles. The molecule has 2 aliphatic rings. The Kier molecular flexibility index (Phi) is 4.61. The van der Waals surface area contributed by atoms with Gasteiger partial charge in [-0.05, 0) is 49.6 Å². The van der Waals surface area contributed by atoms with E-state index in [1.54, 1.807) is 4.68 Å². The van der Waals surface area contributed by atoms with Crippen LogP contribution >= 0.6 is 0 Å². The number of hydrogen-bond acceptors (Lipinski definition) is 6. The lowest BCUT2D eigenvalue weighted by molar-refractivity contribution is 0.293. The van der Waals surface area contributed by atoms with Crippen LogP contribution in [0, 0.1) is 5.82 Å². The molecule has 8 nitrogen and oxygen atoms in total. The predicted octanol–water partition coefficient (Wildman–Crippen LogP) is 2.63. The second kappa shape index (κ2) is 7.19. The van der Waals surface area contributed by atoms with Crippen molar-refractivity contribution in [2.75, 3.05) is 11.5 Å². The lowest BCUT2D eigenvalue weighted by atomic mass is 10.2.